The molecule has 1 saturated heterocycles. The number of benzene rings is 1. The zero-order chi connectivity index (χ0) is 24.7. The number of fused-ring (bicyclic) bond motifs is 1. The topological polar surface area (TPSA) is 78.0 Å². The zero-order valence-corrected chi connectivity index (χ0v) is 21.1. The van der Waals surface area contributed by atoms with Crippen LogP contribution in [0.4, 0.5) is 5.82 Å². The molecule has 3 aromatic rings. The number of aryl methyl sites for hydroxylation is 1. The second-order valence-electron chi connectivity index (χ2n) is 10.1. The summed E-state index contributed by atoms with van der Waals surface area (Å²) in [5.41, 5.74) is 4.20. The van der Waals surface area contributed by atoms with Crippen LogP contribution in [0.2, 0.25) is 0 Å². The summed E-state index contributed by atoms with van der Waals surface area (Å²) < 4.78 is 1.50. The van der Waals surface area contributed by atoms with E-state index >= 15 is 0 Å². The van der Waals surface area contributed by atoms with Crippen LogP contribution < -0.4 is 10.6 Å². The van der Waals surface area contributed by atoms with E-state index in [9.17, 15) is 10.1 Å². The molecule has 7 heteroatoms. The van der Waals surface area contributed by atoms with Crippen LogP contribution in [0.15, 0.2) is 41.2 Å². The second-order valence-corrected chi connectivity index (χ2v) is 10.1. The molecule has 2 aliphatic rings. The normalized spacial score (nSPS) is 21.7. The van der Waals surface area contributed by atoms with Gasteiger partial charge in [0.05, 0.1) is 5.52 Å². The lowest BCUT2D eigenvalue weighted by Crippen LogP contribution is -2.58. The minimum atomic E-state index is -0.302. The first-order valence-corrected chi connectivity index (χ1v) is 12.8. The van der Waals surface area contributed by atoms with Crippen LogP contribution in [0, 0.1) is 11.3 Å². The number of piperazine rings is 1. The SMILES string of the molecule is CCC(c1ccc(C2CC2)cc1)N1C[C@H](C)N(c2nc(=O)n(C)c3ccc(C#N)nc23)C[C@@H]1CC. The molecule has 7 nitrogen and oxygen atoms in total. The number of rotatable bonds is 6. The molecule has 0 bridgehead atoms. The molecule has 0 N–H and O–H groups in total. The van der Waals surface area contributed by atoms with Gasteiger partial charge in [-0.15, -0.1) is 0 Å². The van der Waals surface area contributed by atoms with Gasteiger partial charge in [0, 0.05) is 38.3 Å². The van der Waals surface area contributed by atoms with Crippen LogP contribution in [0.1, 0.15) is 75.2 Å². The highest BCUT2D eigenvalue weighted by molar-refractivity contribution is 5.86. The fraction of sp³-hybridized carbons (Fsp3) is 0.500. The Morgan fingerprint density at radius 1 is 1.09 bits per heavy atom. The highest BCUT2D eigenvalue weighted by Crippen LogP contribution is 2.41. The minimum Gasteiger partial charge on any atom is -0.349 e. The Hall–Kier alpha value is -3.24. The quantitative estimate of drug-likeness (QED) is 0.527. The summed E-state index contributed by atoms with van der Waals surface area (Å²) in [7, 11) is 1.70. The number of nitrogens with zero attached hydrogens (tertiary/aromatic N) is 6. The summed E-state index contributed by atoms with van der Waals surface area (Å²) in [6.45, 7) is 8.34. The molecule has 0 spiro atoms. The van der Waals surface area contributed by atoms with Crippen molar-refractivity contribution in [3.8, 4) is 6.07 Å². The van der Waals surface area contributed by atoms with E-state index in [1.54, 1.807) is 19.2 Å². The molecule has 0 radical (unpaired) electrons. The third-order valence-electron chi connectivity index (χ3n) is 7.83. The van der Waals surface area contributed by atoms with Gasteiger partial charge in [0.25, 0.3) is 0 Å². The Morgan fingerprint density at radius 2 is 1.83 bits per heavy atom. The van der Waals surface area contributed by atoms with Crippen LogP contribution in [-0.4, -0.2) is 44.6 Å². The number of hydrogen-bond acceptors (Lipinski definition) is 6. The minimum absolute atomic E-state index is 0.146. The molecule has 1 aliphatic carbocycles. The summed E-state index contributed by atoms with van der Waals surface area (Å²) in [6, 6.07) is 15.7. The Morgan fingerprint density at radius 3 is 2.46 bits per heavy atom. The average molecular weight is 471 g/mol. The van der Waals surface area contributed by atoms with Gasteiger partial charge in [-0.3, -0.25) is 9.47 Å². The van der Waals surface area contributed by atoms with Crippen LogP contribution in [-0.2, 0) is 7.05 Å². The van der Waals surface area contributed by atoms with E-state index in [1.807, 2.05) is 0 Å². The molecule has 2 fully saturated rings. The Balaban J connectivity index is 1.48. The summed E-state index contributed by atoms with van der Waals surface area (Å²) in [5.74, 6) is 1.36. The first-order chi connectivity index (χ1) is 16.9. The summed E-state index contributed by atoms with van der Waals surface area (Å²) >= 11 is 0. The highest BCUT2D eigenvalue weighted by atomic mass is 16.1. The Kier molecular flexibility index (Phi) is 6.33. The number of anilines is 1. The van der Waals surface area contributed by atoms with Gasteiger partial charge in [-0.25, -0.2) is 9.78 Å². The zero-order valence-electron chi connectivity index (χ0n) is 21.1. The Labute approximate surface area is 207 Å². The maximum atomic E-state index is 12.7. The highest BCUT2D eigenvalue weighted by Gasteiger charge is 2.36. The van der Waals surface area contributed by atoms with E-state index in [4.69, 9.17) is 0 Å². The third-order valence-corrected chi connectivity index (χ3v) is 7.83. The van der Waals surface area contributed by atoms with Gasteiger partial charge in [-0.2, -0.15) is 10.2 Å². The molecule has 1 aliphatic heterocycles. The van der Waals surface area contributed by atoms with Gasteiger partial charge in [0.2, 0.25) is 0 Å². The Bertz CT molecular complexity index is 1320. The van der Waals surface area contributed by atoms with Crippen LogP contribution in [0.3, 0.4) is 0 Å². The maximum Gasteiger partial charge on any atom is 0.349 e. The van der Waals surface area contributed by atoms with Crippen LogP contribution in [0.5, 0.6) is 0 Å². The standard InChI is InChI=1S/C28H34N6O/c1-5-23-17-33(27-26-25(32(4)28(35)31-27)14-13-22(15-29)30-26)18(3)16-34(23)24(6-2)21-11-9-20(10-12-21)19-7-8-19/h9-14,18-19,23-24H,5-8,16-17H2,1-4H3/t18-,23-,24?/m0/s1. The van der Waals surface area contributed by atoms with Crippen molar-refractivity contribution in [2.45, 2.75) is 70.5 Å². The first-order valence-electron chi connectivity index (χ1n) is 12.8. The van der Waals surface area contributed by atoms with Crippen molar-refractivity contribution >= 4 is 16.9 Å². The molecule has 2 aromatic heterocycles. The predicted octanol–water partition coefficient (Wildman–Crippen LogP) is 4.52. The molecular formula is C28H34N6O. The van der Waals surface area contributed by atoms with E-state index in [0.29, 0.717) is 34.6 Å². The lowest BCUT2D eigenvalue weighted by molar-refractivity contribution is 0.0939. The van der Waals surface area contributed by atoms with Gasteiger partial charge < -0.3 is 4.90 Å². The van der Waals surface area contributed by atoms with E-state index in [-0.39, 0.29) is 11.7 Å². The van der Waals surface area contributed by atoms with Gasteiger partial charge in [-0.05, 0) is 61.8 Å². The van der Waals surface area contributed by atoms with E-state index in [1.165, 1.54) is 28.5 Å². The molecule has 1 saturated carbocycles. The number of pyridine rings is 1. The lowest BCUT2D eigenvalue weighted by Gasteiger charge is -2.49. The van der Waals surface area contributed by atoms with Crippen molar-refractivity contribution in [2.24, 2.45) is 7.05 Å². The van der Waals surface area contributed by atoms with E-state index in [0.717, 1.165) is 31.8 Å². The van der Waals surface area contributed by atoms with Gasteiger partial charge >= 0.3 is 5.69 Å². The van der Waals surface area contributed by atoms with Crippen molar-refractivity contribution in [2.75, 3.05) is 18.0 Å². The number of hydrogen-bond donors (Lipinski definition) is 0. The van der Waals surface area contributed by atoms with Crippen molar-refractivity contribution < 1.29 is 0 Å². The molecule has 1 aromatic carbocycles. The smallest absolute Gasteiger partial charge is 0.349 e. The number of aromatic nitrogens is 3. The fourth-order valence-corrected chi connectivity index (χ4v) is 5.64. The van der Waals surface area contributed by atoms with Gasteiger partial charge in [0.1, 0.15) is 17.3 Å². The molecule has 3 heterocycles. The third kappa shape index (κ3) is 4.32. The summed E-state index contributed by atoms with van der Waals surface area (Å²) in [4.78, 5) is 26.6. The largest absolute Gasteiger partial charge is 0.349 e. The number of nitriles is 1. The van der Waals surface area contributed by atoms with Crippen molar-refractivity contribution in [1.82, 2.24) is 19.4 Å². The fourth-order valence-electron chi connectivity index (χ4n) is 5.64. The summed E-state index contributed by atoms with van der Waals surface area (Å²) in [6.07, 6.45) is 4.69. The predicted molar refractivity (Wildman–Crippen MR) is 139 cm³/mol. The van der Waals surface area contributed by atoms with Crippen LogP contribution in [0.25, 0.3) is 11.0 Å². The van der Waals surface area contributed by atoms with Gasteiger partial charge in [0.15, 0.2) is 5.82 Å². The molecule has 182 valence electrons. The van der Waals surface area contributed by atoms with Gasteiger partial charge in [-0.1, -0.05) is 38.1 Å². The average Bonchev–Trinajstić information content (AvgIpc) is 3.73. The summed E-state index contributed by atoms with van der Waals surface area (Å²) in [5, 5.41) is 9.41. The molecule has 0 amide bonds. The maximum absolute atomic E-state index is 12.7. The van der Waals surface area contributed by atoms with Crippen molar-refractivity contribution in [3.05, 3.63) is 63.7 Å². The monoisotopic (exact) mass is 470 g/mol. The van der Waals surface area contributed by atoms with E-state index in [2.05, 4.69) is 70.9 Å². The van der Waals surface area contributed by atoms with Crippen molar-refractivity contribution in [3.63, 3.8) is 0 Å². The second kappa shape index (κ2) is 9.43. The molecular weight excluding hydrogens is 436 g/mol. The van der Waals surface area contributed by atoms with E-state index < -0.39 is 0 Å². The molecule has 5 rings (SSSR count). The lowest BCUT2D eigenvalue weighted by atomic mass is 9.95. The van der Waals surface area contributed by atoms with Crippen molar-refractivity contribution in [1.29, 1.82) is 5.26 Å². The molecule has 35 heavy (non-hydrogen) atoms. The first kappa shape index (κ1) is 23.5. The molecule has 3 atom stereocenters. The molecule has 1 unspecified atom stereocenters. The van der Waals surface area contributed by atoms with Crippen LogP contribution >= 0.6 is 0 Å².